The molecule has 1 amide bonds. The van der Waals surface area contributed by atoms with E-state index < -0.39 is 5.97 Å². The molecule has 1 N–H and O–H groups in total. The van der Waals surface area contributed by atoms with Crippen molar-refractivity contribution in [3.63, 3.8) is 0 Å². The van der Waals surface area contributed by atoms with Crippen molar-refractivity contribution < 1.29 is 14.3 Å². The van der Waals surface area contributed by atoms with Gasteiger partial charge in [0.05, 0.1) is 7.11 Å². The number of carbonyl (C=O) groups is 2. The van der Waals surface area contributed by atoms with E-state index in [1.165, 1.54) is 7.11 Å². The molecule has 0 aliphatic heterocycles. The van der Waals surface area contributed by atoms with Crippen molar-refractivity contribution in [1.82, 2.24) is 9.36 Å². The van der Waals surface area contributed by atoms with Crippen LogP contribution in [0.5, 0.6) is 0 Å². The molecule has 0 unspecified atom stereocenters. The Labute approximate surface area is 142 Å². The Kier molecular flexibility index (Phi) is 4.62. The molecule has 0 saturated carbocycles. The Morgan fingerprint density at radius 1 is 1.00 bits per heavy atom. The summed E-state index contributed by atoms with van der Waals surface area (Å²) in [5.41, 5.74) is 2.59. The van der Waals surface area contributed by atoms with E-state index >= 15 is 0 Å². The molecule has 0 aliphatic rings. The maximum Gasteiger partial charge on any atom is 0.377 e. The van der Waals surface area contributed by atoms with Gasteiger partial charge in [0.1, 0.15) is 0 Å². The van der Waals surface area contributed by atoms with E-state index in [0.717, 1.165) is 22.7 Å². The van der Waals surface area contributed by atoms with Crippen LogP contribution in [0.4, 0.5) is 5.13 Å². The number of carbonyl (C=O) groups excluding carboxylic acids is 2. The summed E-state index contributed by atoms with van der Waals surface area (Å²) in [4.78, 5) is 27.4. The second kappa shape index (κ2) is 7.01. The second-order valence-electron chi connectivity index (χ2n) is 4.81. The fraction of sp³-hybridized carbons (Fsp3) is 0.0588. The molecule has 0 aliphatic carbocycles. The van der Waals surface area contributed by atoms with Crippen LogP contribution < -0.4 is 5.32 Å². The molecule has 7 heteroatoms. The predicted molar refractivity (Wildman–Crippen MR) is 91.1 cm³/mol. The lowest BCUT2D eigenvalue weighted by atomic mass is 10.0. The average molecular weight is 339 g/mol. The van der Waals surface area contributed by atoms with Crippen LogP contribution >= 0.6 is 11.5 Å². The van der Waals surface area contributed by atoms with Crippen LogP contribution in [0.1, 0.15) is 21.0 Å². The number of hydrogen-bond acceptors (Lipinski definition) is 6. The van der Waals surface area contributed by atoms with Gasteiger partial charge in [0.2, 0.25) is 5.13 Å². The van der Waals surface area contributed by atoms with Crippen LogP contribution in [0.2, 0.25) is 0 Å². The van der Waals surface area contributed by atoms with E-state index in [1.54, 1.807) is 12.1 Å². The van der Waals surface area contributed by atoms with Crippen LogP contribution in [-0.2, 0) is 4.74 Å². The van der Waals surface area contributed by atoms with Gasteiger partial charge in [-0.3, -0.25) is 10.1 Å². The van der Waals surface area contributed by atoms with Crippen LogP contribution in [0.25, 0.3) is 11.1 Å². The average Bonchev–Trinajstić information content (AvgIpc) is 3.10. The summed E-state index contributed by atoms with van der Waals surface area (Å²) in [5, 5.41) is 2.86. The predicted octanol–water partition coefficient (Wildman–Crippen LogP) is 3.24. The van der Waals surface area contributed by atoms with Crippen molar-refractivity contribution in [3.05, 3.63) is 66.0 Å². The summed E-state index contributed by atoms with van der Waals surface area (Å²) in [6.07, 6.45) is 0. The molecular formula is C17H13N3O3S. The number of anilines is 1. The Hall–Kier alpha value is -3.06. The van der Waals surface area contributed by atoms with Crippen molar-refractivity contribution in [3.8, 4) is 11.1 Å². The molecular weight excluding hydrogens is 326 g/mol. The van der Waals surface area contributed by atoms with E-state index in [4.69, 9.17) is 0 Å². The number of aromatic nitrogens is 2. The van der Waals surface area contributed by atoms with Crippen molar-refractivity contribution in [2.75, 3.05) is 12.4 Å². The molecule has 6 nitrogen and oxygen atoms in total. The summed E-state index contributed by atoms with van der Waals surface area (Å²) in [6.45, 7) is 0. The third kappa shape index (κ3) is 3.47. The maximum absolute atomic E-state index is 12.2. The highest BCUT2D eigenvalue weighted by Crippen LogP contribution is 2.20. The van der Waals surface area contributed by atoms with E-state index in [0.29, 0.717) is 5.56 Å². The molecule has 3 aromatic rings. The van der Waals surface area contributed by atoms with Crippen LogP contribution in [-0.4, -0.2) is 28.3 Å². The van der Waals surface area contributed by atoms with Gasteiger partial charge < -0.3 is 4.74 Å². The number of amides is 1. The molecule has 120 valence electrons. The van der Waals surface area contributed by atoms with Gasteiger partial charge in [-0.15, -0.1) is 0 Å². The number of rotatable bonds is 4. The molecule has 3 rings (SSSR count). The van der Waals surface area contributed by atoms with Crippen LogP contribution in [0.15, 0.2) is 54.6 Å². The quantitative estimate of drug-likeness (QED) is 0.738. The van der Waals surface area contributed by atoms with Gasteiger partial charge in [-0.1, -0.05) is 42.5 Å². The Balaban J connectivity index is 1.71. The Morgan fingerprint density at radius 3 is 2.33 bits per heavy atom. The lowest BCUT2D eigenvalue weighted by Gasteiger charge is -2.04. The molecule has 2 aromatic carbocycles. The zero-order chi connectivity index (χ0) is 16.9. The van der Waals surface area contributed by atoms with Crippen molar-refractivity contribution in [2.45, 2.75) is 0 Å². The van der Waals surface area contributed by atoms with E-state index in [2.05, 4.69) is 19.4 Å². The summed E-state index contributed by atoms with van der Waals surface area (Å²) in [7, 11) is 1.25. The lowest BCUT2D eigenvalue weighted by molar-refractivity contribution is 0.0588. The minimum absolute atomic E-state index is 0.0720. The van der Waals surface area contributed by atoms with Gasteiger partial charge in [0.15, 0.2) is 0 Å². The molecule has 0 saturated heterocycles. The number of hydrogen-bond donors (Lipinski definition) is 1. The summed E-state index contributed by atoms with van der Waals surface area (Å²) in [6, 6.07) is 17.1. The molecule has 0 bridgehead atoms. The highest BCUT2D eigenvalue weighted by atomic mass is 32.1. The molecule has 1 aromatic heterocycles. The number of ether oxygens (including phenoxy) is 1. The van der Waals surface area contributed by atoms with E-state index in [1.807, 2.05) is 42.5 Å². The Bertz CT molecular complexity index is 860. The van der Waals surface area contributed by atoms with Crippen molar-refractivity contribution in [1.29, 1.82) is 0 Å². The first-order valence-corrected chi connectivity index (χ1v) is 7.83. The number of nitrogens with zero attached hydrogens (tertiary/aromatic N) is 2. The molecule has 0 atom stereocenters. The Morgan fingerprint density at radius 2 is 1.67 bits per heavy atom. The van der Waals surface area contributed by atoms with Crippen LogP contribution in [0, 0.1) is 0 Å². The van der Waals surface area contributed by atoms with E-state index in [-0.39, 0.29) is 16.9 Å². The minimum Gasteiger partial charge on any atom is -0.463 e. The number of esters is 1. The summed E-state index contributed by atoms with van der Waals surface area (Å²) >= 11 is 0.922. The van der Waals surface area contributed by atoms with Crippen LogP contribution in [0.3, 0.4) is 0 Å². The molecule has 24 heavy (non-hydrogen) atoms. The van der Waals surface area contributed by atoms with E-state index in [9.17, 15) is 9.59 Å². The fourth-order valence-electron chi connectivity index (χ4n) is 2.06. The number of benzene rings is 2. The standard InChI is InChI=1S/C17H13N3O3S/c1-23-16(22)14-18-17(24-20-14)19-15(21)13-9-7-12(8-10-13)11-5-3-2-4-6-11/h2-10H,1H3,(H,18,19,20,21). The SMILES string of the molecule is COC(=O)c1nsc(NC(=O)c2ccc(-c3ccccc3)cc2)n1. The zero-order valence-electron chi connectivity index (χ0n) is 12.7. The highest BCUT2D eigenvalue weighted by Gasteiger charge is 2.15. The van der Waals surface area contributed by atoms with Gasteiger partial charge in [-0.2, -0.15) is 9.36 Å². The van der Waals surface area contributed by atoms with Gasteiger partial charge in [0, 0.05) is 17.1 Å². The van der Waals surface area contributed by atoms with Gasteiger partial charge in [-0.25, -0.2) is 4.79 Å². The highest BCUT2D eigenvalue weighted by molar-refractivity contribution is 7.10. The van der Waals surface area contributed by atoms with Crippen molar-refractivity contribution in [2.24, 2.45) is 0 Å². The smallest absolute Gasteiger partial charge is 0.377 e. The lowest BCUT2D eigenvalue weighted by Crippen LogP contribution is -2.12. The normalized spacial score (nSPS) is 10.2. The number of methoxy groups -OCH3 is 1. The molecule has 0 spiro atoms. The first kappa shape index (κ1) is 15.8. The molecule has 0 radical (unpaired) electrons. The maximum atomic E-state index is 12.2. The monoisotopic (exact) mass is 339 g/mol. The van der Waals surface area contributed by atoms with Crippen molar-refractivity contribution >= 4 is 28.5 Å². The zero-order valence-corrected chi connectivity index (χ0v) is 13.5. The minimum atomic E-state index is -0.640. The van der Waals surface area contributed by atoms with Gasteiger partial charge >= 0.3 is 5.97 Å². The summed E-state index contributed by atoms with van der Waals surface area (Å²) in [5.74, 6) is -1.03. The first-order chi connectivity index (χ1) is 11.7. The fourth-order valence-corrected chi connectivity index (χ4v) is 2.62. The van der Waals surface area contributed by atoms with Gasteiger partial charge in [0.25, 0.3) is 11.7 Å². The molecule has 0 fully saturated rings. The third-order valence-electron chi connectivity index (χ3n) is 3.27. The largest absolute Gasteiger partial charge is 0.463 e. The molecule has 1 heterocycles. The summed E-state index contributed by atoms with van der Waals surface area (Å²) < 4.78 is 8.35. The first-order valence-electron chi connectivity index (χ1n) is 7.06. The second-order valence-corrected chi connectivity index (χ2v) is 5.56. The topological polar surface area (TPSA) is 81.2 Å². The van der Waals surface area contributed by atoms with Gasteiger partial charge in [-0.05, 0) is 23.3 Å². The number of nitrogens with one attached hydrogen (secondary N) is 1. The third-order valence-corrected chi connectivity index (χ3v) is 3.90.